The summed E-state index contributed by atoms with van der Waals surface area (Å²) >= 11 is 0. The minimum Gasteiger partial charge on any atom is -0.374 e. The van der Waals surface area contributed by atoms with Gasteiger partial charge in [0, 0.05) is 19.5 Å². The first kappa shape index (κ1) is 16.8. The number of nitrogens with one attached hydrogen (secondary N) is 1. The Morgan fingerprint density at radius 1 is 1.35 bits per heavy atom. The third-order valence-electron chi connectivity index (χ3n) is 3.64. The standard InChI is InChI=1S/C13H22F2N2O3/c1-3-13(4-2)12(19)17(6-5-11(18)16-13)7-8-20-9-10(14)15/h10H,3-9H2,1-2H3,(H,16,18). The lowest BCUT2D eigenvalue weighted by Gasteiger charge is -2.33. The number of nitrogens with zero attached hydrogens (tertiary/aromatic N) is 1. The van der Waals surface area contributed by atoms with E-state index < -0.39 is 18.6 Å². The van der Waals surface area contributed by atoms with Gasteiger partial charge in [-0.25, -0.2) is 8.78 Å². The zero-order valence-corrected chi connectivity index (χ0v) is 12.0. The van der Waals surface area contributed by atoms with E-state index in [1.165, 1.54) is 4.90 Å². The van der Waals surface area contributed by atoms with E-state index in [9.17, 15) is 18.4 Å². The Balaban J connectivity index is 2.65. The number of halogens is 2. The predicted octanol–water partition coefficient (Wildman–Crippen LogP) is 1.18. The molecular weight excluding hydrogens is 270 g/mol. The zero-order valence-electron chi connectivity index (χ0n) is 12.0. The minimum atomic E-state index is -2.51. The summed E-state index contributed by atoms with van der Waals surface area (Å²) in [5.74, 6) is -0.313. The molecule has 1 fully saturated rings. The van der Waals surface area contributed by atoms with Crippen LogP contribution in [0.1, 0.15) is 33.1 Å². The van der Waals surface area contributed by atoms with Crippen LogP contribution in [0, 0.1) is 0 Å². The highest BCUT2D eigenvalue weighted by Gasteiger charge is 2.41. The first-order valence-corrected chi connectivity index (χ1v) is 6.91. The highest BCUT2D eigenvalue weighted by atomic mass is 19.3. The van der Waals surface area contributed by atoms with E-state index in [2.05, 4.69) is 5.32 Å². The summed E-state index contributed by atoms with van der Waals surface area (Å²) in [7, 11) is 0. The molecule has 0 aromatic rings. The highest BCUT2D eigenvalue weighted by Crippen LogP contribution is 2.21. The maximum Gasteiger partial charge on any atom is 0.261 e. The van der Waals surface area contributed by atoms with Gasteiger partial charge in [-0.05, 0) is 12.8 Å². The van der Waals surface area contributed by atoms with Gasteiger partial charge in [-0.15, -0.1) is 0 Å². The molecule has 1 saturated heterocycles. The highest BCUT2D eigenvalue weighted by molar-refractivity contribution is 5.93. The van der Waals surface area contributed by atoms with Gasteiger partial charge in [0.25, 0.3) is 6.43 Å². The Morgan fingerprint density at radius 2 is 2.00 bits per heavy atom. The molecule has 116 valence electrons. The molecular formula is C13H22F2N2O3. The summed E-state index contributed by atoms with van der Waals surface area (Å²) in [5, 5.41) is 2.79. The Labute approximate surface area is 117 Å². The van der Waals surface area contributed by atoms with E-state index in [0.29, 0.717) is 19.4 Å². The number of carbonyl (C=O) groups is 2. The van der Waals surface area contributed by atoms with Crippen LogP contribution in [0.25, 0.3) is 0 Å². The smallest absolute Gasteiger partial charge is 0.261 e. The maximum atomic E-state index is 12.5. The molecule has 0 radical (unpaired) electrons. The quantitative estimate of drug-likeness (QED) is 0.717. The second-order valence-electron chi connectivity index (χ2n) is 4.85. The summed E-state index contributed by atoms with van der Waals surface area (Å²) in [6.45, 7) is 3.63. The van der Waals surface area contributed by atoms with Crippen LogP contribution in [0.3, 0.4) is 0 Å². The first-order chi connectivity index (χ1) is 9.45. The van der Waals surface area contributed by atoms with Crippen LogP contribution < -0.4 is 5.32 Å². The average molecular weight is 292 g/mol. The summed E-state index contributed by atoms with van der Waals surface area (Å²) in [5.41, 5.74) is -0.879. The molecule has 1 rings (SSSR count). The van der Waals surface area contributed by atoms with Crippen LogP contribution in [0.15, 0.2) is 0 Å². The number of hydrogen-bond acceptors (Lipinski definition) is 3. The lowest BCUT2D eigenvalue weighted by molar-refractivity contribution is -0.140. The third kappa shape index (κ3) is 4.13. The molecule has 0 spiro atoms. The molecule has 1 aliphatic heterocycles. The van der Waals surface area contributed by atoms with Crippen LogP contribution in [0.5, 0.6) is 0 Å². The Kier molecular flexibility index (Phi) is 6.32. The van der Waals surface area contributed by atoms with Crippen molar-refractivity contribution in [1.29, 1.82) is 0 Å². The van der Waals surface area contributed by atoms with Crippen LogP contribution in [-0.4, -0.2) is 55.0 Å². The van der Waals surface area contributed by atoms with Gasteiger partial charge in [-0.1, -0.05) is 13.8 Å². The van der Waals surface area contributed by atoms with Gasteiger partial charge in [0.2, 0.25) is 11.8 Å². The molecule has 0 bridgehead atoms. The first-order valence-electron chi connectivity index (χ1n) is 6.91. The van der Waals surface area contributed by atoms with Crippen molar-refractivity contribution in [2.75, 3.05) is 26.3 Å². The van der Waals surface area contributed by atoms with Crippen molar-refractivity contribution >= 4 is 11.8 Å². The molecule has 5 nitrogen and oxygen atoms in total. The van der Waals surface area contributed by atoms with Gasteiger partial charge >= 0.3 is 0 Å². The predicted molar refractivity (Wildman–Crippen MR) is 69.5 cm³/mol. The Hall–Kier alpha value is -1.24. The Bertz CT molecular complexity index is 347. The van der Waals surface area contributed by atoms with Crippen LogP contribution in [0.4, 0.5) is 8.78 Å². The van der Waals surface area contributed by atoms with Crippen LogP contribution in [0.2, 0.25) is 0 Å². The second kappa shape index (κ2) is 7.52. The van der Waals surface area contributed by atoms with Crippen LogP contribution >= 0.6 is 0 Å². The van der Waals surface area contributed by atoms with Gasteiger partial charge < -0.3 is 15.0 Å². The van der Waals surface area contributed by atoms with Crippen molar-refractivity contribution in [2.45, 2.75) is 45.1 Å². The molecule has 20 heavy (non-hydrogen) atoms. The SMILES string of the molecule is CCC1(CC)NC(=O)CCN(CCOCC(F)F)C1=O. The van der Waals surface area contributed by atoms with E-state index in [1.54, 1.807) is 0 Å². The van der Waals surface area contributed by atoms with E-state index in [1.807, 2.05) is 13.8 Å². The molecule has 1 N–H and O–H groups in total. The molecule has 0 unspecified atom stereocenters. The lowest BCUT2D eigenvalue weighted by atomic mass is 9.91. The van der Waals surface area contributed by atoms with Crippen molar-refractivity contribution in [3.8, 4) is 0 Å². The molecule has 0 saturated carbocycles. The van der Waals surface area contributed by atoms with Crippen molar-refractivity contribution in [1.82, 2.24) is 10.2 Å². The zero-order chi connectivity index (χ0) is 15.2. The number of rotatable bonds is 7. The topological polar surface area (TPSA) is 58.6 Å². The average Bonchev–Trinajstić information content (AvgIpc) is 2.54. The van der Waals surface area contributed by atoms with E-state index in [0.717, 1.165) is 0 Å². The summed E-state index contributed by atoms with van der Waals surface area (Å²) in [6, 6.07) is 0. The normalized spacial score (nSPS) is 19.1. The number of ether oxygens (including phenoxy) is 1. The van der Waals surface area contributed by atoms with Crippen molar-refractivity contribution in [3.63, 3.8) is 0 Å². The Morgan fingerprint density at radius 3 is 2.55 bits per heavy atom. The second-order valence-corrected chi connectivity index (χ2v) is 4.85. The fourth-order valence-corrected chi connectivity index (χ4v) is 2.31. The fraction of sp³-hybridized carbons (Fsp3) is 0.846. The van der Waals surface area contributed by atoms with Gasteiger partial charge in [0.15, 0.2) is 0 Å². The van der Waals surface area contributed by atoms with E-state index in [-0.39, 0.29) is 31.4 Å². The van der Waals surface area contributed by atoms with Crippen LogP contribution in [-0.2, 0) is 14.3 Å². The van der Waals surface area contributed by atoms with Gasteiger partial charge in [-0.2, -0.15) is 0 Å². The number of alkyl halides is 2. The van der Waals surface area contributed by atoms with Crippen molar-refractivity contribution in [3.05, 3.63) is 0 Å². The molecule has 0 aliphatic carbocycles. The molecule has 0 aromatic heterocycles. The number of carbonyl (C=O) groups excluding carboxylic acids is 2. The maximum absolute atomic E-state index is 12.5. The summed E-state index contributed by atoms with van der Waals surface area (Å²) in [6.07, 6.45) is -1.28. The van der Waals surface area contributed by atoms with E-state index in [4.69, 9.17) is 4.74 Å². The summed E-state index contributed by atoms with van der Waals surface area (Å²) in [4.78, 5) is 25.7. The van der Waals surface area contributed by atoms with Gasteiger partial charge in [0.05, 0.1) is 6.61 Å². The van der Waals surface area contributed by atoms with Gasteiger partial charge in [-0.3, -0.25) is 9.59 Å². The molecule has 0 atom stereocenters. The van der Waals surface area contributed by atoms with Gasteiger partial charge in [0.1, 0.15) is 12.1 Å². The third-order valence-corrected chi connectivity index (χ3v) is 3.64. The molecule has 7 heteroatoms. The fourth-order valence-electron chi connectivity index (χ4n) is 2.31. The van der Waals surface area contributed by atoms with E-state index >= 15 is 0 Å². The molecule has 1 heterocycles. The lowest BCUT2D eigenvalue weighted by Crippen LogP contribution is -2.56. The van der Waals surface area contributed by atoms with Crippen molar-refractivity contribution in [2.24, 2.45) is 0 Å². The monoisotopic (exact) mass is 292 g/mol. The number of amides is 2. The molecule has 1 aliphatic rings. The summed E-state index contributed by atoms with van der Waals surface area (Å²) < 4.78 is 28.7. The largest absolute Gasteiger partial charge is 0.374 e. The van der Waals surface area contributed by atoms with Crippen molar-refractivity contribution < 1.29 is 23.1 Å². The minimum absolute atomic E-state index is 0.0494. The molecule has 0 aromatic carbocycles. The molecule has 2 amide bonds. The number of hydrogen-bond donors (Lipinski definition) is 1.